The van der Waals surface area contributed by atoms with Gasteiger partial charge in [0.1, 0.15) is 17.0 Å². The number of alkyl carbamates (subject to hydrolysis) is 1. The molecule has 0 bridgehead atoms. The number of nitrogens with zero attached hydrogens (tertiary/aromatic N) is 2. The first-order valence-electron chi connectivity index (χ1n) is 9.08. The third-order valence-electron chi connectivity index (χ3n) is 4.72. The highest BCUT2D eigenvalue weighted by Crippen LogP contribution is 2.52. The normalized spacial score (nSPS) is 26.1. The van der Waals surface area contributed by atoms with E-state index in [0.29, 0.717) is 0 Å². The Morgan fingerprint density at radius 3 is 2.65 bits per heavy atom. The van der Waals surface area contributed by atoms with Crippen LogP contribution in [-0.4, -0.2) is 46.4 Å². The third kappa shape index (κ3) is 4.76. The SMILES string of the molecule is CC(C)(C)OC(=O)NC1=N[C@@]2(c3cc([N+](=O)[O-])ccc3F)CO[C@H](C(F)(F)F)[C@H]2CS1. The lowest BCUT2D eigenvalue weighted by Gasteiger charge is -2.36. The zero-order chi connectivity index (χ0) is 23.2. The molecule has 0 saturated carbocycles. The molecule has 1 amide bonds. The summed E-state index contributed by atoms with van der Waals surface area (Å²) in [6.07, 6.45) is -7.89. The predicted octanol–water partition coefficient (Wildman–Crippen LogP) is 4.13. The van der Waals surface area contributed by atoms with E-state index in [1.54, 1.807) is 20.8 Å². The molecule has 0 unspecified atom stereocenters. The standard InChI is InChI=1S/C18H19F4N3O5S/c1-16(2,3)30-15(26)23-14-24-17(10-6-9(25(27)28)4-5-12(10)19)8-29-13(18(20,21)22)11(17)7-31-14/h4-6,11,13H,7-8H2,1-3H3,(H,23,24,26)/t11-,13+,17-/m1/s1. The number of aliphatic imine (C=N–C) groups is 1. The van der Waals surface area contributed by atoms with Crippen molar-refractivity contribution >= 4 is 28.7 Å². The second-order valence-electron chi connectivity index (χ2n) is 8.08. The maximum atomic E-state index is 14.7. The molecule has 0 aliphatic carbocycles. The van der Waals surface area contributed by atoms with Crippen molar-refractivity contribution in [2.75, 3.05) is 12.4 Å². The zero-order valence-corrected chi connectivity index (χ0v) is 17.5. The Morgan fingerprint density at radius 1 is 1.39 bits per heavy atom. The summed E-state index contributed by atoms with van der Waals surface area (Å²) in [4.78, 5) is 26.7. The number of nitro benzene ring substituents is 1. The monoisotopic (exact) mass is 465 g/mol. The highest BCUT2D eigenvalue weighted by molar-refractivity contribution is 8.13. The van der Waals surface area contributed by atoms with Crippen molar-refractivity contribution in [3.05, 3.63) is 39.7 Å². The van der Waals surface area contributed by atoms with Gasteiger partial charge in [-0.25, -0.2) is 14.2 Å². The van der Waals surface area contributed by atoms with Crippen LogP contribution >= 0.6 is 11.8 Å². The van der Waals surface area contributed by atoms with Crippen molar-refractivity contribution in [3.8, 4) is 0 Å². The number of hydrogen-bond donors (Lipinski definition) is 1. The van der Waals surface area contributed by atoms with Gasteiger partial charge in [-0.05, 0) is 26.8 Å². The summed E-state index contributed by atoms with van der Waals surface area (Å²) in [5.74, 6) is -2.55. The lowest BCUT2D eigenvalue weighted by Crippen LogP contribution is -2.47. The van der Waals surface area contributed by atoms with Crippen LogP contribution in [0.3, 0.4) is 0 Å². The van der Waals surface area contributed by atoms with E-state index >= 15 is 0 Å². The van der Waals surface area contributed by atoms with Gasteiger partial charge in [0.2, 0.25) is 0 Å². The molecule has 1 aromatic rings. The average molecular weight is 465 g/mol. The van der Waals surface area contributed by atoms with Crippen LogP contribution in [0.15, 0.2) is 23.2 Å². The van der Waals surface area contributed by atoms with Crippen molar-refractivity contribution in [2.45, 2.75) is 44.2 Å². The molecule has 13 heteroatoms. The molecule has 31 heavy (non-hydrogen) atoms. The van der Waals surface area contributed by atoms with E-state index in [1.807, 2.05) is 0 Å². The number of nitro groups is 1. The summed E-state index contributed by atoms with van der Waals surface area (Å²) < 4.78 is 65.5. The van der Waals surface area contributed by atoms with Crippen LogP contribution in [0.25, 0.3) is 0 Å². The third-order valence-corrected chi connectivity index (χ3v) is 5.71. The van der Waals surface area contributed by atoms with Crippen LogP contribution in [-0.2, 0) is 15.0 Å². The molecule has 8 nitrogen and oxygen atoms in total. The summed E-state index contributed by atoms with van der Waals surface area (Å²) in [6, 6.07) is 2.57. The maximum absolute atomic E-state index is 14.7. The molecule has 0 radical (unpaired) electrons. The summed E-state index contributed by atoms with van der Waals surface area (Å²) in [7, 11) is 0. The lowest BCUT2D eigenvalue weighted by atomic mass is 9.78. The number of hydrogen-bond acceptors (Lipinski definition) is 7. The number of halogens is 4. The van der Waals surface area contributed by atoms with Crippen molar-refractivity contribution in [1.29, 1.82) is 0 Å². The van der Waals surface area contributed by atoms with Gasteiger partial charge >= 0.3 is 12.3 Å². The fourth-order valence-corrected chi connectivity index (χ4v) is 4.66. The number of carbonyl (C=O) groups excluding carboxylic acids is 1. The molecule has 170 valence electrons. The van der Waals surface area contributed by atoms with Crippen LogP contribution in [0.5, 0.6) is 0 Å². The molecule has 1 N–H and O–H groups in total. The molecule has 0 aromatic heterocycles. The Balaban J connectivity index is 2.07. The van der Waals surface area contributed by atoms with Gasteiger partial charge in [0, 0.05) is 29.4 Å². The lowest BCUT2D eigenvalue weighted by molar-refractivity contribution is -0.385. The predicted molar refractivity (Wildman–Crippen MR) is 103 cm³/mol. The number of alkyl halides is 3. The minimum atomic E-state index is -4.75. The number of carbonyl (C=O) groups is 1. The van der Waals surface area contributed by atoms with E-state index in [4.69, 9.17) is 9.47 Å². The largest absolute Gasteiger partial charge is 0.444 e. The van der Waals surface area contributed by atoms with Gasteiger partial charge in [-0.3, -0.25) is 15.4 Å². The van der Waals surface area contributed by atoms with Crippen molar-refractivity contribution in [1.82, 2.24) is 5.32 Å². The highest BCUT2D eigenvalue weighted by atomic mass is 32.2. The van der Waals surface area contributed by atoms with E-state index in [9.17, 15) is 32.5 Å². The molecule has 2 aliphatic heterocycles. The number of thioether (sulfide) groups is 1. The first-order chi connectivity index (χ1) is 14.2. The molecule has 2 heterocycles. The van der Waals surface area contributed by atoms with Gasteiger partial charge in [0.05, 0.1) is 11.5 Å². The van der Waals surface area contributed by atoms with Gasteiger partial charge in [-0.1, -0.05) is 11.8 Å². The van der Waals surface area contributed by atoms with Crippen LogP contribution < -0.4 is 5.32 Å². The first-order valence-corrected chi connectivity index (χ1v) is 10.1. The Labute approximate surface area is 178 Å². The Hall–Kier alpha value is -2.41. The molecule has 1 aromatic carbocycles. The van der Waals surface area contributed by atoms with Crippen molar-refractivity contribution in [2.24, 2.45) is 10.9 Å². The van der Waals surface area contributed by atoms with Crippen molar-refractivity contribution in [3.63, 3.8) is 0 Å². The second kappa shape index (κ2) is 7.93. The topological polar surface area (TPSA) is 103 Å². The number of benzene rings is 1. The number of fused-ring (bicyclic) bond motifs is 1. The number of amides is 1. The number of nitrogens with one attached hydrogen (secondary N) is 1. The van der Waals surface area contributed by atoms with Crippen LogP contribution in [0.4, 0.5) is 28.0 Å². The van der Waals surface area contributed by atoms with Gasteiger partial charge in [0.25, 0.3) is 5.69 Å². The molecule has 0 spiro atoms. The number of non-ortho nitro benzene ring substituents is 1. The fraction of sp³-hybridized carbons (Fsp3) is 0.556. The second-order valence-corrected chi connectivity index (χ2v) is 9.09. The molecule has 1 saturated heterocycles. The summed E-state index contributed by atoms with van der Waals surface area (Å²) in [5.41, 5.74) is -3.66. The van der Waals surface area contributed by atoms with Crippen LogP contribution in [0.1, 0.15) is 26.3 Å². The summed E-state index contributed by atoms with van der Waals surface area (Å²) in [6.45, 7) is 4.20. The quantitative estimate of drug-likeness (QED) is 0.400. The minimum Gasteiger partial charge on any atom is -0.444 e. The minimum absolute atomic E-state index is 0.0946. The van der Waals surface area contributed by atoms with E-state index in [1.165, 1.54) is 0 Å². The molecule has 3 rings (SSSR count). The van der Waals surface area contributed by atoms with Crippen LogP contribution in [0, 0.1) is 21.8 Å². The Morgan fingerprint density at radius 2 is 2.06 bits per heavy atom. The molecule has 2 aliphatic rings. The Bertz CT molecular complexity index is 934. The zero-order valence-electron chi connectivity index (χ0n) is 16.7. The van der Waals surface area contributed by atoms with E-state index in [-0.39, 0.29) is 10.9 Å². The van der Waals surface area contributed by atoms with E-state index < -0.39 is 64.0 Å². The van der Waals surface area contributed by atoms with Gasteiger partial charge in [-0.2, -0.15) is 13.2 Å². The molecule has 3 atom stereocenters. The maximum Gasteiger partial charge on any atom is 0.415 e. The summed E-state index contributed by atoms with van der Waals surface area (Å²) in [5, 5.41) is 13.4. The van der Waals surface area contributed by atoms with Crippen LogP contribution in [0.2, 0.25) is 0 Å². The van der Waals surface area contributed by atoms with E-state index in [2.05, 4.69) is 10.3 Å². The highest BCUT2D eigenvalue weighted by Gasteiger charge is 2.62. The smallest absolute Gasteiger partial charge is 0.415 e. The van der Waals surface area contributed by atoms with Gasteiger partial charge < -0.3 is 9.47 Å². The summed E-state index contributed by atoms with van der Waals surface area (Å²) >= 11 is 0.825. The number of amidine groups is 1. The fourth-order valence-electron chi connectivity index (χ4n) is 3.49. The van der Waals surface area contributed by atoms with Gasteiger partial charge in [0.15, 0.2) is 11.3 Å². The number of rotatable bonds is 2. The molecular weight excluding hydrogens is 446 g/mol. The Kier molecular flexibility index (Phi) is 5.95. The first kappa shape index (κ1) is 23.3. The number of ether oxygens (including phenoxy) is 2. The molecule has 1 fully saturated rings. The molecular formula is C18H19F4N3O5S. The van der Waals surface area contributed by atoms with Crippen molar-refractivity contribution < 1.29 is 36.8 Å². The average Bonchev–Trinajstić information content (AvgIpc) is 3.00. The van der Waals surface area contributed by atoms with Gasteiger partial charge in [-0.15, -0.1) is 0 Å². The van der Waals surface area contributed by atoms with E-state index in [0.717, 1.165) is 30.0 Å².